The summed E-state index contributed by atoms with van der Waals surface area (Å²) in [5, 5.41) is 2.94. The van der Waals surface area contributed by atoms with E-state index >= 15 is 0 Å². The lowest BCUT2D eigenvalue weighted by Crippen LogP contribution is -2.52. The maximum absolute atomic E-state index is 11.1. The number of ether oxygens (including phenoxy) is 1. The summed E-state index contributed by atoms with van der Waals surface area (Å²) in [6.45, 7) is 4.75. The van der Waals surface area contributed by atoms with Crippen molar-refractivity contribution in [2.75, 3.05) is 33.8 Å². The number of hydrogen-bond acceptors (Lipinski definition) is 4. The van der Waals surface area contributed by atoms with Crippen LogP contribution in [-0.2, 0) is 9.53 Å². The Bertz CT molecular complexity index is 235. The number of amides is 1. The van der Waals surface area contributed by atoms with Crippen molar-refractivity contribution in [2.24, 2.45) is 11.7 Å². The van der Waals surface area contributed by atoms with Crippen molar-refractivity contribution in [1.29, 1.82) is 0 Å². The van der Waals surface area contributed by atoms with Gasteiger partial charge in [0.25, 0.3) is 0 Å². The van der Waals surface area contributed by atoms with Crippen molar-refractivity contribution in [3.63, 3.8) is 0 Å². The van der Waals surface area contributed by atoms with Crippen molar-refractivity contribution in [1.82, 2.24) is 10.2 Å². The first kappa shape index (κ1) is 13.4. The van der Waals surface area contributed by atoms with Gasteiger partial charge in [0.15, 0.2) is 0 Å². The molecule has 1 aliphatic rings. The molecule has 94 valence electrons. The van der Waals surface area contributed by atoms with Gasteiger partial charge in [0, 0.05) is 20.2 Å². The van der Waals surface area contributed by atoms with Gasteiger partial charge in [-0.2, -0.15) is 0 Å². The number of nitrogens with two attached hydrogens (primary N) is 1. The average Bonchev–Trinajstić information content (AvgIpc) is 2.27. The highest BCUT2D eigenvalue weighted by atomic mass is 16.5. The van der Waals surface area contributed by atoms with E-state index in [1.165, 1.54) is 0 Å². The molecule has 3 unspecified atom stereocenters. The van der Waals surface area contributed by atoms with Gasteiger partial charge in [0.05, 0.1) is 12.1 Å². The van der Waals surface area contributed by atoms with Crippen LogP contribution in [-0.4, -0.2) is 56.7 Å². The van der Waals surface area contributed by atoms with Crippen LogP contribution in [0.15, 0.2) is 0 Å². The van der Waals surface area contributed by atoms with Crippen LogP contribution in [0.3, 0.4) is 0 Å². The number of methoxy groups -OCH3 is 1. The first-order valence-electron chi connectivity index (χ1n) is 5.80. The SMILES string of the molecule is CNC(CN1CCC(C)C(OC)C1)C(N)=O. The minimum atomic E-state index is -0.296. The molecule has 0 aromatic rings. The number of nitrogens with zero attached hydrogens (tertiary/aromatic N) is 1. The fourth-order valence-corrected chi connectivity index (χ4v) is 2.15. The number of hydrogen-bond donors (Lipinski definition) is 2. The Labute approximate surface area is 97.3 Å². The molecule has 5 nitrogen and oxygen atoms in total. The second-order valence-corrected chi connectivity index (χ2v) is 4.54. The molecule has 0 bridgehead atoms. The fourth-order valence-electron chi connectivity index (χ4n) is 2.15. The van der Waals surface area contributed by atoms with E-state index in [4.69, 9.17) is 10.5 Å². The Hall–Kier alpha value is -0.650. The summed E-state index contributed by atoms with van der Waals surface area (Å²) in [5.41, 5.74) is 5.30. The molecule has 0 spiro atoms. The number of piperidine rings is 1. The Kier molecular flexibility index (Phi) is 5.18. The van der Waals surface area contributed by atoms with E-state index in [-0.39, 0.29) is 18.1 Å². The van der Waals surface area contributed by atoms with E-state index in [0.29, 0.717) is 12.5 Å². The molecular formula is C11H23N3O2. The van der Waals surface area contributed by atoms with Crippen molar-refractivity contribution in [2.45, 2.75) is 25.5 Å². The molecule has 1 amide bonds. The highest BCUT2D eigenvalue weighted by Crippen LogP contribution is 2.19. The zero-order valence-electron chi connectivity index (χ0n) is 10.4. The van der Waals surface area contributed by atoms with Gasteiger partial charge >= 0.3 is 0 Å². The van der Waals surface area contributed by atoms with Crippen LogP contribution in [0.4, 0.5) is 0 Å². The number of likely N-dealkylation sites (tertiary alicyclic amines) is 1. The zero-order valence-corrected chi connectivity index (χ0v) is 10.4. The molecule has 0 aliphatic carbocycles. The van der Waals surface area contributed by atoms with E-state index in [2.05, 4.69) is 17.1 Å². The van der Waals surface area contributed by atoms with Crippen LogP contribution in [0, 0.1) is 5.92 Å². The lowest BCUT2D eigenvalue weighted by Gasteiger charge is -2.37. The highest BCUT2D eigenvalue weighted by molar-refractivity contribution is 5.80. The van der Waals surface area contributed by atoms with Crippen LogP contribution in [0.1, 0.15) is 13.3 Å². The van der Waals surface area contributed by atoms with Gasteiger partial charge in [0.2, 0.25) is 5.91 Å². The summed E-state index contributed by atoms with van der Waals surface area (Å²) in [6, 6.07) is -0.272. The topological polar surface area (TPSA) is 67.6 Å². The third-order valence-corrected chi connectivity index (χ3v) is 3.41. The van der Waals surface area contributed by atoms with E-state index in [0.717, 1.165) is 19.5 Å². The molecule has 3 atom stereocenters. The van der Waals surface area contributed by atoms with Gasteiger partial charge in [0.1, 0.15) is 0 Å². The molecule has 1 fully saturated rings. The lowest BCUT2D eigenvalue weighted by atomic mass is 9.95. The molecule has 0 radical (unpaired) electrons. The van der Waals surface area contributed by atoms with Gasteiger partial charge in [-0.05, 0) is 25.9 Å². The number of carbonyl (C=O) groups is 1. The lowest BCUT2D eigenvalue weighted by molar-refractivity contribution is -0.120. The first-order valence-corrected chi connectivity index (χ1v) is 5.80. The quantitative estimate of drug-likeness (QED) is 0.661. The Morgan fingerprint density at radius 2 is 2.38 bits per heavy atom. The van der Waals surface area contributed by atoms with Crippen molar-refractivity contribution in [3.05, 3.63) is 0 Å². The number of likely N-dealkylation sites (N-methyl/N-ethyl adjacent to an activating group) is 1. The normalized spacial score (nSPS) is 28.9. The summed E-state index contributed by atoms with van der Waals surface area (Å²) < 4.78 is 5.43. The molecule has 0 saturated carbocycles. The van der Waals surface area contributed by atoms with E-state index < -0.39 is 0 Å². The largest absolute Gasteiger partial charge is 0.380 e. The number of nitrogens with one attached hydrogen (secondary N) is 1. The fraction of sp³-hybridized carbons (Fsp3) is 0.909. The van der Waals surface area contributed by atoms with Crippen LogP contribution >= 0.6 is 0 Å². The minimum Gasteiger partial charge on any atom is -0.380 e. The number of primary amides is 1. The zero-order chi connectivity index (χ0) is 12.1. The molecule has 16 heavy (non-hydrogen) atoms. The van der Waals surface area contributed by atoms with E-state index in [1.807, 2.05) is 0 Å². The summed E-state index contributed by atoms with van der Waals surface area (Å²) in [4.78, 5) is 13.4. The van der Waals surface area contributed by atoms with Gasteiger partial charge in [-0.3, -0.25) is 9.69 Å². The standard InChI is InChI=1S/C11H23N3O2/c1-8-4-5-14(7-10(8)16-3)6-9(13-2)11(12)15/h8-10,13H,4-7H2,1-3H3,(H2,12,15). The summed E-state index contributed by atoms with van der Waals surface area (Å²) in [5.74, 6) is 0.290. The van der Waals surface area contributed by atoms with E-state index in [9.17, 15) is 4.79 Å². The Morgan fingerprint density at radius 3 is 2.88 bits per heavy atom. The molecule has 0 aromatic heterocycles. The predicted octanol–water partition coefficient (Wildman–Crippen LogP) is -0.583. The van der Waals surface area contributed by atoms with Gasteiger partial charge < -0.3 is 15.8 Å². The van der Waals surface area contributed by atoms with Crippen molar-refractivity contribution < 1.29 is 9.53 Å². The second-order valence-electron chi connectivity index (χ2n) is 4.54. The molecular weight excluding hydrogens is 206 g/mol. The van der Waals surface area contributed by atoms with Crippen molar-refractivity contribution in [3.8, 4) is 0 Å². The summed E-state index contributed by atoms with van der Waals surface area (Å²) >= 11 is 0. The van der Waals surface area contributed by atoms with Crippen LogP contribution in [0.5, 0.6) is 0 Å². The Balaban J connectivity index is 2.46. The van der Waals surface area contributed by atoms with Gasteiger partial charge in [-0.25, -0.2) is 0 Å². The highest BCUT2D eigenvalue weighted by Gasteiger charge is 2.28. The smallest absolute Gasteiger partial charge is 0.235 e. The molecule has 1 rings (SSSR count). The first-order chi connectivity index (χ1) is 7.58. The van der Waals surface area contributed by atoms with Gasteiger partial charge in [-0.15, -0.1) is 0 Å². The Morgan fingerprint density at radius 1 is 1.69 bits per heavy atom. The van der Waals surface area contributed by atoms with E-state index in [1.54, 1.807) is 14.2 Å². The number of rotatable bonds is 5. The minimum absolute atomic E-state index is 0.263. The molecule has 1 aliphatic heterocycles. The maximum atomic E-state index is 11.1. The summed E-state index contributed by atoms with van der Waals surface area (Å²) in [7, 11) is 3.50. The molecule has 3 N–H and O–H groups in total. The van der Waals surface area contributed by atoms with Crippen molar-refractivity contribution >= 4 is 5.91 Å². The molecule has 1 heterocycles. The molecule has 0 aromatic carbocycles. The molecule has 5 heteroatoms. The second kappa shape index (κ2) is 6.18. The maximum Gasteiger partial charge on any atom is 0.235 e. The third-order valence-electron chi connectivity index (χ3n) is 3.41. The summed E-state index contributed by atoms with van der Waals surface area (Å²) in [6.07, 6.45) is 1.37. The van der Waals surface area contributed by atoms with Crippen LogP contribution in [0.25, 0.3) is 0 Å². The predicted molar refractivity (Wildman–Crippen MR) is 63.1 cm³/mol. The number of carbonyl (C=O) groups excluding carboxylic acids is 1. The van der Waals surface area contributed by atoms with Crippen LogP contribution < -0.4 is 11.1 Å². The average molecular weight is 229 g/mol. The molecule has 1 saturated heterocycles. The van der Waals surface area contributed by atoms with Crippen LogP contribution in [0.2, 0.25) is 0 Å². The third kappa shape index (κ3) is 3.43. The van der Waals surface area contributed by atoms with Gasteiger partial charge in [-0.1, -0.05) is 6.92 Å². The monoisotopic (exact) mass is 229 g/mol.